The maximum absolute atomic E-state index is 8.51. The van der Waals surface area contributed by atoms with Gasteiger partial charge in [-0.3, -0.25) is 0 Å². The maximum atomic E-state index is 8.51. The van der Waals surface area contributed by atoms with Gasteiger partial charge < -0.3 is 7.96 Å². The summed E-state index contributed by atoms with van der Waals surface area (Å²) in [6.07, 6.45) is 10.4. The van der Waals surface area contributed by atoms with Crippen LogP contribution in [-0.2, 0) is 0 Å². The van der Waals surface area contributed by atoms with Crippen molar-refractivity contribution in [2.45, 2.75) is 58.3 Å². The molecule has 2 heteroatoms. The molecular formula is C10H24CaO. The predicted octanol–water partition coefficient (Wildman–Crippen LogP) is 2.96. The van der Waals surface area contributed by atoms with E-state index in [9.17, 15) is 0 Å². The topological polar surface area (TPSA) is 20.2 Å². The molecule has 1 N–H and O–H groups in total. The zero-order valence-corrected chi connectivity index (χ0v) is 10.7. The molecule has 0 radical (unpaired) electrons. The Hall–Kier alpha value is 1.22. The predicted molar refractivity (Wildman–Crippen MR) is 57.7 cm³/mol. The number of hydrogen-bond donors (Lipinski definition) is 1. The van der Waals surface area contributed by atoms with E-state index in [4.69, 9.17) is 5.11 Å². The van der Waals surface area contributed by atoms with Crippen LogP contribution in [0.25, 0.3) is 0 Å². The van der Waals surface area contributed by atoms with E-state index in [1.54, 1.807) is 0 Å². The molecule has 0 heterocycles. The molecule has 0 aromatic heterocycles. The SMILES string of the molecule is CCCCCCCCCCO.[Ca+2].[H-].[H-]. The standard InChI is InChI=1S/C10H22O.Ca.2H/c1-2-3-4-5-6-7-8-9-10-11;;;/h11H,2-10H2,1H3;;;/q;+2;2*-1. The van der Waals surface area contributed by atoms with Crippen molar-refractivity contribution in [2.75, 3.05) is 6.61 Å². The average Bonchev–Trinajstić information content (AvgIpc) is 2.03. The fourth-order valence-electron chi connectivity index (χ4n) is 1.25. The van der Waals surface area contributed by atoms with Gasteiger partial charge in [0, 0.05) is 6.61 Å². The van der Waals surface area contributed by atoms with Crippen LogP contribution >= 0.6 is 0 Å². The van der Waals surface area contributed by atoms with Crippen LogP contribution in [-0.4, -0.2) is 49.5 Å². The fraction of sp³-hybridized carbons (Fsp3) is 1.00. The zero-order valence-electron chi connectivity index (χ0n) is 10.5. The molecule has 72 valence electrons. The summed E-state index contributed by atoms with van der Waals surface area (Å²) in [6.45, 7) is 2.61. The fourth-order valence-corrected chi connectivity index (χ4v) is 1.25. The second-order valence-electron chi connectivity index (χ2n) is 3.20. The van der Waals surface area contributed by atoms with E-state index in [0.29, 0.717) is 6.61 Å². The van der Waals surface area contributed by atoms with Crippen molar-refractivity contribution in [1.29, 1.82) is 0 Å². The summed E-state index contributed by atoms with van der Waals surface area (Å²) in [5.74, 6) is 0. The first-order valence-electron chi connectivity index (χ1n) is 5.02. The van der Waals surface area contributed by atoms with Crippen LogP contribution in [0.4, 0.5) is 0 Å². The van der Waals surface area contributed by atoms with E-state index in [1.807, 2.05) is 0 Å². The smallest absolute Gasteiger partial charge is 1.00 e. The second kappa shape index (κ2) is 14.7. The molecule has 1 nitrogen and oxygen atoms in total. The van der Waals surface area contributed by atoms with E-state index >= 15 is 0 Å². The largest absolute Gasteiger partial charge is 2.00 e. The van der Waals surface area contributed by atoms with Gasteiger partial charge in [-0.05, 0) is 6.42 Å². The van der Waals surface area contributed by atoms with Gasteiger partial charge in [0.1, 0.15) is 0 Å². The van der Waals surface area contributed by atoms with E-state index in [-0.39, 0.29) is 40.6 Å². The molecule has 0 atom stereocenters. The van der Waals surface area contributed by atoms with Crippen molar-refractivity contribution in [3.05, 3.63) is 0 Å². The van der Waals surface area contributed by atoms with Crippen molar-refractivity contribution in [3.8, 4) is 0 Å². The summed E-state index contributed by atoms with van der Waals surface area (Å²) in [4.78, 5) is 0. The van der Waals surface area contributed by atoms with Gasteiger partial charge in [-0.15, -0.1) is 0 Å². The summed E-state index contributed by atoms with van der Waals surface area (Å²) < 4.78 is 0. The summed E-state index contributed by atoms with van der Waals surface area (Å²) >= 11 is 0. The molecule has 0 spiro atoms. The molecule has 12 heavy (non-hydrogen) atoms. The molecule has 0 aliphatic heterocycles. The van der Waals surface area contributed by atoms with Gasteiger partial charge in [0.15, 0.2) is 0 Å². The van der Waals surface area contributed by atoms with Crippen LogP contribution in [0.5, 0.6) is 0 Å². The van der Waals surface area contributed by atoms with Gasteiger partial charge in [-0.2, -0.15) is 0 Å². The van der Waals surface area contributed by atoms with Crippen LogP contribution < -0.4 is 0 Å². The zero-order chi connectivity index (χ0) is 8.36. The first-order chi connectivity index (χ1) is 5.41. The Morgan fingerprint density at radius 1 is 0.833 bits per heavy atom. The maximum Gasteiger partial charge on any atom is 2.00 e. The Balaban J connectivity index is -0.000000167. The number of hydrogen-bond acceptors (Lipinski definition) is 1. The third-order valence-electron chi connectivity index (χ3n) is 2.01. The second-order valence-corrected chi connectivity index (χ2v) is 3.20. The number of rotatable bonds is 8. The van der Waals surface area contributed by atoms with E-state index in [2.05, 4.69) is 6.92 Å². The minimum atomic E-state index is 0. The number of unbranched alkanes of at least 4 members (excludes halogenated alkanes) is 7. The molecule has 0 bridgehead atoms. The molecule has 0 aliphatic rings. The Labute approximate surface area is 110 Å². The van der Waals surface area contributed by atoms with Crippen LogP contribution in [0.15, 0.2) is 0 Å². The quantitative estimate of drug-likeness (QED) is 0.472. The van der Waals surface area contributed by atoms with Crippen molar-refractivity contribution >= 4 is 37.7 Å². The Morgan fingerprint density at radius 2 is 1.25 bits per heavy atom. The molecule has 0 aromatic carbocycles. The molecule has 0 rings (SSSR count). The molecule has 0 aliphatic carbocycles. The minimum Gasteiger partial charge on any atom is -1.00 e. The van der Waals surface area contributed by atoms with E-state index < -0.39 is 0 Å². The summed E-state index contributed by atoms with van der Waals surface area (Å²) in [7, 11) is 0. The molecule has 0 saturated carbocycles. The minimum absolute atomic E-state index is 0. The summed E-state index contributed by atoms with van der Waals surface area (Å²) in [5, 5.41) is 8.51. The molecular weight excluding hydrogens is 176 g/mol. The molecule has 0 saturated heterocycles. The number of aliphatic hydroxyl groups excluding tert-OH is 1. The van der Waals surface area contributed by atoms with Gasteiger partial charge in [-0.25, -0.2) is 0 Å². The van der Waals surface area contributed by atoms with Crippen molar-refractivity contribution in [2.24, 2.45) is 0 Å². The first-order valence-corrected chi connectivity index (χ1v) is 5.02. The van der Waals surface area contributed by atoms with Gasteiger partial charge >= 0.3 is 37.7 Å². The van der Waals surface area contributed by atoms with Gasteiger partial charge in [0.25, 0.3) is 0 Å². The summed E-state index contributed by atoms with van der Waals surface area (Å²) in [5.41, 5.74) is 0. The van der Waals surface area contributed by atoms with Gasteiger partial charge in [0.05, 0.1) is 0 Å². The van der Waals surface area contributed by atoms with Crippen LogP contribution in [0.3, 0.4) is 0 Å². The van der Waals surface area contributed by atoms with Crippen molar-refractivity contribution in [1.82, 2.24) is 0 Å². The van der Waals surface area contributed by atoms with Crippen LogP contribution in [0, 0.1) is 0 Å². The van der Waals surface area contributed by atoms with Crippen LogP contribution in [0.1, 0.15) is 61.1 Å². The van der Waals surface area contributed by atoms with Gasteiger partial charge in [-0.1, -0.05) is 51.9 Å². The van der Waals surface area contributed by atoms with E-state index in [0.717, 1.165) is 6.42 Å². The first kappa shape index (κ1) is 15.7. The Bertz CT molecular complexity index is 67.1. The van der Waals surface area contributed by atoms with Crippen molar-refractivity contribution in [3.63, 3.8) is 0 Å². The molecule has 0 fully saturated rings. The summed E-state index contributed by atoms with van der Waals surface area (Å²) in [6, 6.07) is 0. The van der Waals surface area contributed by atoms with E-state index in [1.165, 1.54) is 44.9 Å². The Kier molecular flexibility index (Phi) is 19.2. The molecule has 0 unspecified atom stereocenters. The third kappa shape index (κ3) is 13.8. The molecule has 0 amide bonds. The van der Waals surface area contributed by atoms with Crippen molar-refractivity contribution < 1.29 is 7.96 Å². The van der Waals surface area contributed by atoms with Gasteiger partial charge in [0.2, 0.25) is 0 Å². The normalized spacial score (nSPS) is 9.50. The average molecular weight is 200 g/mol. The monoisotopic (exact) mass is 200 g/mol. The number of aliphatic hydroxyl groups is 1. The Morgan fingerprint density at radius 3 is 1.67 bits per heavy atom. The van der Waals surface area contributed by atoms with Crippen LogP contribution in [0.2, 0.25) is 0 Å². The third-order valence-corrected chi connectivity index (χ3v) is 2.01. The molecule has 0 aromatic rings.